The van der Waals surface area contributed by atoms with E-state index in [0.29, 0.717) is 0 Å². The second kappa shape index (κ2) is 5.06. The van der Waals surface area contributed by atoms with Crippen LogP contribution in [0.4, 0.5) is 0 Å². The van der Waals surface area contributed by atoms with Crippen molar-refractivity contribution in [3.63, 3.8) is 0 Å². The minimum absolute atomic E-state index is 0.117. The van der Waals surface area contributed by atoms with Gasteiger partial charge in [-0.2, -0.15) is 5.10 Å². The Balaban J connectivity index is 2.21. The Hall–Kier alpha value is -1.20. The molecule has 0 spiro atoms. The van der Waals surface area contributed by atoms with Crippen molar-refractivity contribution in [2.75, 3.05) is 0 Å². The minimum Gasteiger partial charge on any atom is -0.306 e. The molecule has 0 fully saturated rings. The van der Waals surface area contributed by atoms with Gasteiger partial charge in [0, 0.05) is 35.8 Å². The molecular weight excluding hydrogens is 256 g/mol. The molecule has 2 rings (SSSR count). The van der Waals surface area contributed by atoms with E-state index in [1.54, 1.807) is 11.3 Å². The fraction of sp³-hybridized carbons (Fsp3) is 0.571. The fourth-order valence-electron chi connectivity index (χ4n) is 1.99. The van der Waals surface area contributed by atoms with Gasteiger partial charge in [0.05, 0.1) is 11.4 Å². The van der Waals surface area contributed by atoms with E-state index in [-0.39, 0.29) is 5.54 Å². The molecule has 0 aromatic carbocycles. The molecule has 2 aromatic rings. The van der Waals surface area contributed by atoms with Gasteiger partial charge in [-0.3, -0.25) is 4.68 Å². The lowest BCUT2D eigenvalue weighted by Crippen LogP contribution is -2.34. The summed E-state index contributed by atoms with van der Waals surface area (Å²) in [5.41, 5.74) is 4.53. The highest BCUT2D eigenvalue weighted by Crippen LogP contribution is 2.27. The van der Waals surface area contributed by atoms with E-state index < -0.39 is 0 Å². The second-order valence-corrected chi connectivity index (χ2v) is 6.84. The van der Waals surface area contributed by atoms with Crippen LogP contribution in [-0.2, 0) is 13.6 Å². The zero-order valence-electron chi connectivity index (χ0n) is 12.5. The SMILES string of the molecule is Cc1nn(C)c(C)c1-c1csc(CNC(C)(C)C)n1. The van der Waals surface area contributed by atoms with Crippen LogP contribution in [-0.4, -0.2) is 20.3 Å². The highest BCUT2D eigenvalue weighted by Gasteiger charge is 2.15. The van der Waals surface area contributed by atoms with Crippen molar-refractivity contribution in [2.45, 2.75) is 46.7 Å². The number of aromatic nitrogens is 3. The molecule has 0 aliphatic carbocycles. The van der Waals surface area contributed by atoms with E-state index in [1.165, 1.54) is 5.56 Å². The van der Waals surface area contributed by atoms with Gasteiger partial charge in [-0.15, -0.1) is 11.3 Å². The molecule has 4 nitrogen and oxygen atoms in total. The van der Waals surface area contributed by atoms with Gasteiger partial charge in [0.2, 0.25) is 0 Å². The fourth-order valence-corrected chi connectivity index (χ4v) is 2.72. The number of thiazole rings is 1. The number of rotatable bonds is 3. The molecule has 0 atom stereocenters. The topological polar surface area (TPSA) is 42.7 Å². The van der Waals surface area contributed by atoms with Gasteiger partial charge in [0.25, 0.3) is 0 Å². The van der Waals surface area contributed by atoms with E-state index in [0.717, 1.165) is 28.6 Å². The van der Waals surface area contributed by atoms with Crippen LogP contribution in [0.5, 0.6) is 0 Å². The van der Waals surface area contributed by atoms with Crippen LogP contribution < -0.4 is 5.32 Å². The van der Waals surface area contributed by atoms with Gasteiger partial charge in [0.1, 0.15) is 5.01 Å². The summed E-state index contributed by atoms with van der Waals surface area (Å²) < 4.78 is 1.91. The number of nitrogens with zero attached hydrogens (tertiary/aromatic N) is 3. The predicted molar refractivity (Wildman–Crippen MR) is 80.4 cm³/mol. The van der Waals surface area contributed by atoms with Crippen LogP contribution in [0.3, 0.4) is 0 Å². The molecule has 104 valence electrons. The summed E-state index contributed by atoms with van der Waals surface area (Å²) in [6, 6.07) is 0. The first-order valence-corrected chi connectivity index (χ1v) is 7.36. The molecule has 5 heteroatoms. The Kier molecular flexibility index (Phi) is 3.78. The van der Waals surface area contributed by atoms with Crippen molar-refractivity contribution in [1.29, 1.82) is 0 Å². The van der Waals surface area contributed by atoms with E-state index >= 15 is 0 Å². The second-order valence-electron chi connectivity index (χ2n) is 5.90. The van der Waals surface area contributed by atoms with Crippen molar-refractivity contribution < 1.29 is 0 Å². The van der Waals surface area contributed by atoms with E-state index in [1.807, 2.05) is 18.7 Å². The molecule has 2 aromatic heterocycles. The first-order chi connectivity index (χ1) is 8.78. The van der Waals surface area contributed by atoms with E-state index in [9.17, 15) is 0 Å². The summed E-state index contributed by atoms with van der Waals surface area (Å²) in [6.07, 6.45) is 0. The molecule has 0 amide bonds. The number of hydrogen-bond donors (Lipinski definition) is 1. The number of aryl methyl sites for hydroxylation is 2. The summed E-state index contributed by atoms with van der Waals surface area (Å²) in [5, 5.41) is 11.2. The third-order valence-electron chi connectivity index (χ3n) is 3.09. The monoisotopic (exact) mass is 278 g/mol. The van der Waals surface area contributed by atoms with Crippen molar-refractivity contribution in [1.82, 2.24) is 20.1 Å². The summed E-state index contributed by atoms with van der Waals surface area (Å²) in [5.74, 6) is 0. The summed E-state index contributed by atoms with van der Waals surface area (Å²) >= 11 is 1.70. The van der Waals surface area contributed by atoms with Crippen molar-refractivity contribution in [2.24, 2.45) is 7.05 Å². The average molecular weight is 278 g/mol. The largest absolute Gasteiger partial charge is 0.306 e. The van der Waals surface area contributed by atoms with Crippen LogP contribution in [0.1, 0.15) is 37.2 Å². The number of hydrogen-bond acceptors (Lipinski definition) is 4. The van der Waals surface area contributed by atoms with Gasteiger partial charge >= 0.3 is 0 Å². The normalized spacial score (nSPS) is 12.1. The van der Waals surface area contributed by atoms with Crippen molar-refractivity contribution in [3.8, 4) is 11.3 Å². The summed E-state index contributed by atoms with van der Waals surface area (Å²) in [6.45, 7) is 11.4. The first kappa shape index (κ1) is 14.2. The maximum absolute atomic E-state index is 4.72. The zero-order valence-corrected chi connectivity index (χ0v) is 13.4. The zero-order chi connectivity index (χ0) is 14.2. The lowest BCUT2D eigenvalue weighted by Gasteiger charge is -2.19. The molecule has 19 heavy (non-hydrogen) atoms. The average Bonchev–Trinajstić information content (AvgIpc) is 2.82. The van der Waals surface area contributed by atoms with Crippen LogP contribution in [0.25, 0.3) is 11.3 Å². The minimum atomic E-state index is 0.117. The lowest BCUT2D eigenvalue weighted by atomic mass is 10.1. The Morgan fingerprint density at radius 1 is 1.32 bits per heavy atom. The molecule has 0 aliphatic heterocycles. The Labute approximate surface area is 118 Å². The number of nitrogens with one attached hydrogen (secondary N) is 1. The van der Waals surface area contributed by atoms with Gasteiger partial charge < -0.3 is 5.32 Å². The molecule has 0 saturated carbocycles. The smallest absolute Gasteiger partial charge is 0.107 e. The third-order valence-corrected chi connectivity index (χ3v) is 3.94. The molecule has 0 saturated heterocycles. The Morgan fingerprint density at radius 3 is 2.53 bits per heavy atom. The van der Waals surface area contributed by atoms with E-state index in [4.69, 9.17) is 4.98 Å². The van der Waals surface area contributed by atoms with Crippen LogP contribution in [0, 0.1) is 13.8 Å². The highest BCUT2D eigenvalue weighted by atomic mass is 32.1. The third kappa shape index (κ3) is 3.22. The lowest BCUT2D eigenvalue weighted by molar-refractivity contribution is 0.424. The molecular formula is C14H22N4S. The van der Waals surface area contributed by atoms with Crippen molar-refractivity contribution in [3.05, 3.63) is 21.8 Å². The van der Waals surface area contributed by atoms with E-state index in [2.05, 4.69) is 43.5 Å². The van der Waals surface area contributed by atoms with Gasteiger partial charge in [-0.05, 0) is 34.6 Å². The molecule has 1 N–H and O–H groups in total. The van der Waals surface area contributed by atoms with Crippen LogP contribution in [0.15, 0.2) is 5.38 Å². The maximum atomic E-state index is 4.72. The Morgan fingerprint density at radius 2 is 2.00 bits per heavy atom. The van der Waals surface area contributed by atoms with Gasteiger partial charge in [-0.1, -0.05) is 0 Å². The van der Waals surface area contributed by atoms with Crippen molar-refractivity contribution >= 4 is 11.3 Å². The summed E-state index contributed by atoms with van der Waals surface area (Å²) in [4.78, 5) is 4.72. The Bertz CT molecular complexity index is 575. The van der Waals surface area contributed by atoms with Crippen LogP contribution >= 0.6 is 11.3 Å². The molecule has 0 bridgehead atoms. The molecule has 2 heterocycles. The highest BCUT2D eigenvalue weighted by molar-refractivity contribution is 7.09. The molecule has 0 unspecified atom stereocenters. The predicted octanol–water partition coefficient (Wildman–Crippen LogP) is 3.05. The quantitative estimate of drug-likeness (QED) is 0.938. The van der Waals surface area contributed by atoms with Gasteiger partial charge in [-0.25, -0.2) is 4.98 Å². The maximum Gasteiger partial charge on any atom is 0.107 e. The standard InChI is InChI=1S/C14H22N4S/c1-9-13(10(2)18(6)17-9)11-8-19-12(16-11)7-15-14(3,4)5/h8,15H,7H2,1-6H3. The molecule has 0 aliphatic rings. The van der Waals surface area contributed by atoms with Crippen LogP contribution in [0.2, 0.25) is 0 Å². The summed E-state index contributed by atoms with van der Waals surface area (Å²) in [7, 11) is 1.97. The first-order valence-electron chi connectivity index (χ1n) is 6.48. The molecule has 0 radical (unpaired) electrons. The van der Waals surface area contributed by atoms with Gasteiger partial charge in [0.15, 0.2) is 0 Å².